The molecule has 2 rings (SSSR count). The van der Waals surface area contributed by atoms with Crippen molar-refractivity contribution in [1.82, 2.24) is 24.8 Å². The van der Waals surface area contributed by atoms with Gasteiger partial charge in [0.25, 0.3) is 0 Å². The summed E-state index contributed by atoms with van der Waals surface area (Å²) in [5.41, 5.74) is 0.744. The largest absolute Gasteiger partial charge is 0.266 e. The summed E-state index contributed by atoms with van der Waals surface area (Å²) in [5.74, 6) is 1.27. The number of aromatic nitrogens is 5. The average Bonchev–Trinajstić information content (AvgIpc) is 2.47. The highest BCUT2D eigenvalue weighted by Crippen LogP contribution is 2.10. The maximum atomic E-state index is 4.03. The topological polar surface area (TPSA) is 56.0 Å². The van der Waals surface area contributed by atoms with E-state index < -0.39 is 0 Å². The molecule has 12 heavy (non-hydrogen) atoms. The molecule has 5 nitrogen and oxygen atoms in total. The van der Waals surface area contributed by atoms with E-state index in [2.05, 4.69) is 34.2 Å². The third-order valence-corrected chi connectivity index (χ3v) is 1.67. The zero-order valence-corrected chi connectivity index (χ0v) is 6.97. The third-order valence-electron chi connectivity index (χ3n) is 1.67. The second-order valence-electron chi connectivity index (χ2n) is 2.92. The van der Waals surface area contributed by atoms with Crippen molar-refractivity contribution in [2.75, 3.05) is 0 Å². The quantitative estimate of drug-likeness (QED) is 0.619. The van der Waals surface area contributed by atoms with Crippen molar-refractivity contribution in [3.8, 4) is 0 Å². The Balaban J connectivity index is 2.70. The normalized spacial score (nSPS) is 11.2. The molecule has 0 unspecified atom stereocenters. The van der Waals surface area contributed by atoms with Crippen molar-refractivity contribution in [3.63, 3.8) is 0 Å². The summed E-state index contributed by atoms with van der Waals surface area (Å²) in [7, 11) is 0. The van der Waals surface area contributed by atoms with Gasteiger partial charge in [-0.15, -0.1) is 15.3 Å². The minimum absolute atomic E-state index is 0.351. The van der Waals surface area contributed by atoms with Gasteiger partial charge in [-0.2, -0.15) is 5.10 Å². The monoisotopic (exact) mass is 163 g/mol. The van der Waals surface area contributed by atoms with E-state index in [-0.39, 0.29) is 0 Å². The van der Waals surface area contributed by atoms with E-state index in [0.29, 0.717) is 5.92 Å². The zero-order valence-electron chi connectivity index (χ0n) is 6.97. The van der Waals surface area contributed by atoms with Gasteiger partial charge in [0.15, 0.2) is 5.65 Å². The third kappa shape index (κ3) is 0.939. The lowest BCUT2D eigenvalue weighted by molar-refractivity contribution is 0.749. The predicted octanol–water partition coefficient (Wildman–Crippen LogP) is 0.643. The van der Waals surface area contributed by atoms with Crippen LogP contribution in [0.1, 0.15) is 25.6 Å². The maximum Gasteiger partial charge on any atom is 0.182 e. The smallest absolute Gasteiger partial charge is 0.182 e. The summed E-state index contributed by atoms with van der Waals surface area (Å²) in [6.45, 7) is 4.13. The van der Waals surface area contributed by atoms with E-state index in [1.54, 1.807) is 12.5 Å². The SMILES string of the molecule is CC(C)c1nnc2cnncn12. The van der Waals surface area contributed by atoms with Crippen LogP contribution in [-0.2, 0) is 0 Å². The number of nitrogens with zero attached hydrogens (tertiary/aromatic N) is 5. The van der Waals surface area contributed by atoms with Crippen molar-refractivity contribution < 1.29 is 0 Å². The van der Waals surface area contributed by atoms with Gasteiger partial charge >= 0.3 is 0 Å². The standard InChI is InChI=1S/C7H9N5/c1-5(2)7-11-10-6-3-8-9-4-12(6)7/h3-5H,1-2H3. The van der Waals surface area contributed by atoms with Gasteiger partial charge in [0.1, 0.15) is 12.2 Å². The number of hydrogen-bond donors (Lipinski definition) is 0. The molecule has 0 atom stereocenters. The van der Waals surface area contributed by atoms with E-state index in [4.69, 9.17) is 0 Å². The lowest BCUT2D eigenvalue weighted by Crippen LogP contribution is -1.97. The van der Waals surface area contributed by atoms with Crippen molar-refractivity contribution in [1.29, 1.82) is 0 Å². The molecule has 0 aliphatic carbocycles. The molecular formula is C7H9N5. The summed E-state index contributed by atoms with van der Waals surface area (Å²) in [5, 5.41) is 15.5. The van der Waals surface area contributed by atoms with Crippen molar-refractivity contribution >= 4 is 5.65 Å². The minimum Gasteiger partial charge on any atom is -0.266 e. The maximum absolute atomic E-state index is 4.03. The highest BCUT2D eigenvalue weighted by Gasteiger charge is 2.07. The second kappa shape index (κ2) is 2.51. The van der Waals surface area contributed by atoms with Crippen molar-refractivity contribution in [2.24, 2.45) is 0 Å². The van der Waals surface area contributed by atoms with Crippen LogP contribution in [0, 0.1) is 0 Å². The molecule has 0 bridgehead atoms. The van der Waals surface area contributed by atoms with Gasteiger partial charge in [0.2, 0.25) is 0 Å². The summed E-state index contributed by atoms with van der Waals surface area (Å²) in [6, 6.07) is 0. The van der Waals surface area contributed by atoms with Crippen LogP contribution in [-0.4, -0.2) is 24.8 Å². The van der Waals surface area contributed by atoms with E-state index >= 15 is 0 Å². The molecule has 0 spiro atoms. The molecule has 0 aliphatic rings. The fourth-order valence-electron chi connectivity index (χ4n) is 1.08. The van der Waals surface area contributed by atoms with Gasteiger partial charge in [0.05, 0.1) is 6.20 Å². The second-order valence-corrected chi connectivity index (χ2v) is 2.92. The molecule has 0 aromatic carbocycles. The van der Waals surface area contributed by atoms with E-state index in [1.807, 2.05) is 4.40 Å². The Morgan fingerprint density at radius 3 is 2.83 bits per heavy atom. The number of rotatable bonds is 1. The molecule has 0 amide bonds. The van der Waals surface area contributed by atoms with Crippen LogP contribution in [0.5, 0.6) is 0 Å². The van der Waals surface area contributed by atoms with Crippen molar-refractivity contribution in [3.05, 3.63) is 18.3 Å². The Bertz CT molecular complexity index is 391. The fourth-order valence-corrected chi connectivity index (χ4v) is 1.08. The molecule has 2 aromatic rings. The highest BCUT2D eigenvalue weighted by atomic mass is 15.3. The predicted molar refractivity (Wildman–Crippen MR) is 42.7 cm³/mol. The van der Waals surface area contributed by atoms with E-state index in [9.17, 15) is 0 Å². The lowest BCUT2D eigenvalue weighted by atomic mass is 10.2. The van der Waals surface area contributed by atoms with Crippen LogP contribution < -0.4 is 0 Å². The van der Waals surface area contributed by atoms with Gasteiger partial charge in [-0.3, -0.25) is 4.40 Å². The van der Waals surface area contributed by atoms with Gasteiger partial charge in [-0.1, -0.05) is 13.8 Å². The van der Waals surface area contributed by atoms with Crippen LogP contribution in [0.4, 0.5) is 0 Å². The van der Waals surface area contributed by atoms with Crippen LogP contribution in [0.25, 0.3) is 5.65 Å². The fraction of sp³-hybridized carbons (Fsp3) is 0.429. The number of hydrogen-bond acceptors (Lipinski definition) is 4. The van der Waals surface area contributed by atoms with Gasteiger partial charge < -0.3 is 0 Å². The Kier molecular flexibility index (Phi) is 1.49. The molecule has 0 radical (unpaired) electrons. The molecule has 0 saturated heterocycles. The van der Waals surface area contributed by atoms with Crippen molar-refractivity contribution in [2.45, 2.75) is 19.8 Å². The van der Waals surface area contributed by atoms with E-state index in [1.165, 1.54) is 0 Å². The summed E-state index contributed by atoms with van der Waals surface area (Å²) >= 11 is 0. The summed E-state index contributed by atoms with van der Waals surface area (Å²) < 4.78 is 1.84. The molecule has 0 aliphatic heterocycles. The first-order valence-electron chi connectivity index (χ1n) is 3.80. The molecular weight excluding hydrogens is 154 g/mol. The number of fused-ring (bicyclic) bond motifs is 1. The van der Waals surface area contributed by atoms with Gasteiger partial charge in [0, 0.05) is 5.92 Å². The molecule has 0 fully saturated rings. The van der Waals surface area contributed by atoms with Crippen LogP contribution in [0.3, 0.4) is 0 Å². The summed E-state index contributed by atoms with van der Waals surface area (Å²) in [6.07, 6.45) is 3.23. The molecule has 0 N–H and O–H groups in total. The first-order chi connectivity index (χ1) is 5.79. The minimum atomic E-state index is 0.351. The first-order valence-corrected chi connectivity index (χ1v) is 3.80. The highest BCUT2D eigenvalue weighted by molar-refractivity contribution is 5.33. The lowest BCUT2D eigenvalue weighted by Gasteiger charge is -1.99. The Labute approximate surface area is 69.5 Å². The van der Waals surface area contributed by atoms with E-state index in [0.717, 1.165) is 11.5 Å². The zero-order chi connectivity index (χ0) is 8.55. The molecule has 62 valence electrons. The Hall–Kier alpha value is -1.52. The Morgan fingerprint density at radius 1 is 1.25 bits per heavy atom. The molecule has 5 heteroatoms. The van der Waals surface area contributed by atoms with Gasteiger partial charge in [-0.25, -0.2) is 0 Å². The summed E-state index contributed by atoms with van der Waals surface area (Å²) in [4.78, 5) is 0. The first kappa shape index (κ1) is 7.15. The average molecular weight is 163 g/mol. The van der Waals surface area contributed by atoms with Crippen LogP contribution in [0.15, 0.2) is 12.5 Å². The molecule has 2 aromatic heterocycles. The molecule has 0 saturated carbocycles. The molecule has 2 heterocycles. The van der Waals surface area contributed by atoms with Gasteiger partial charge in [-0.05, 0) is 0 Å². The van der Waals surface area contributed by atoms with Crippen LogP contribution in [0.2, 0.25) is 0 Å². The van der Waals surface area contributed by atoms with Crippen LogP contribution >= 0.6 is 0 Å². The Morgan fingerprint density at radius 2 is 2.08 bits per heavy atom.